The van der Waals surface area contributed by atoms with E-state index < -0.39 is 0 Å². The average molecular weight is 379 g/mol. The number of carbonyl (C=O) groups excluding carboxylic acids is 1. The SMILES string of the molecule is CCN(CC)c1ccc(CNC(=O)c2ccn(-c3ccc(OC)cc3)n2)cn1. The van der Waals surface area contributed by atoms with Crippen LogP contribution in [-0.4, -0.2) is 40.9 Å². The van der Waals surface area contributed by atoms with E-state index in [1.807, 2.05) is 36.4 Å². The van der Waals surface area contributed by atoms with Gasteiger partial charge in [0.2, 0.25) is 0 Å². The zero-order valence-electron chi connectivity index (χ0n) is 16.4. The van der Waals surface area contributed by atoms with Crippen molar-refractivity contribution >= 4 is 11.7 Å². The molecule has 28 heavy (non-hydrogen) atoms. The van der Waals surface area contributed by atoms with E-state index >= 15 is 0 Å². The first-order valence-electron chi connectivity index (χ1n) is 9.32. The van der Waals surface area contributed by atoms with Crippen LogP contribution in [0.1, 0.15) is 29.9 Å². The zero-order valence-corrected chi connectivity index (χ0v) is 16.4. The molecule has 0 radical (unpaired) electrons. The lowest BCUT2D eigenvalue weighted by atomic mass is 10.2. The third-order valence-electron chi connectivity index (χ3n) is 4.51. The van der Waals surface area contributed by atoms with E-state index in [0.717, 1.165) is 35.9 Å². The summed E-state index contributed by atoms with van der Waals surface area (Å²) in [6.07, 6.45) is 3.56. The van der Waals surface area contributed by atoms with Gasteiger partial charge in [-0.15, -0.1) is 0 Å². The predicted octanol–water partition coefficient (Wildman–Crippen LogP) is 3.05. The van der Waals surface area contributed by atoms with Gasteiger partial charge in [-0.25, -0.2) is 9.67 Å². The molecule has 3 aromatic rings. The standard InChI is InChI=1S/C21H25N5O2/c1-4-25(5-2)20-11-6-16(14-22-20)15-23-21(27)19-12-13-26(24-19)17-7-9-18(28-3)10-8-17/h6-14H,4-5,15H2,1-3H3,(H,23,27). The van der Waals surface area contributed by atoms with Crippen LogP contribution in [0.15, 0.2) is 54.9 Å². The number of hydrogen-bond donors (Lipinski definition) is 1. The van der Waals surface area contributed by atoms with Gasteiger partial charge >= 0.3 is 0 Å². The summed E-state index contributed by atoms with van der Waals surface area (Å²) in [7, 11) is 1.62. The van der Waals surface area contributed by atoms with Crippen molar-refractivity contribution in [3.05, 3.63) is 66.1 Å². The maximum atomic E-state index is 12.4. The topological polar surface area (TPSA) is 72.3 Å². The summed E-state index contributed by atoms with van der Waals surface area (Å²) in [5.74, 6) is 1.49. The molecule has 3 rings (SSSR count). The van der Waals surface area contributed by atoms with Crippen molar-refractivity contribution in [2.24, 2.45) is 0 Å². The van der Waals surface area contributed by atoms with Crippen molar-refractivity contribution in [3.63, 3.8) is 0 Å². The average Bonchev–Trinajstić information content (AvgIpc) is 3.24. The third kappa shape index (κ3) is 4.49. The van der Waals surface area contributed by atoms with Gasteiger partial charge in [0.1, 0.15) is 11.6 Å². The van der Waals surface area contributed by atoms with Gasteiger partial charge in [0.05, 0.1) is 12.8 Å². The predicted molar refractivity (Wildman–Crippen MR) is 109 cm³/mol. The molecule has 2 heterocycles. The fourth-order valence-corrected chi connectivity index (χ4v) is 2.85. The first kappa shape index (κ1) is 19.4. The number of benzene rings is 1. The molecular weight excluding hydrogens is 354 g/mol. The number of anilines is 1. The number of ether oxygens (including phenoxy) is 1. The Bertz CT molecular complexity index is 899. The molecule has 1 N–H and O–H groups in total. The number of hydrogen-bond acceptors (Lipinski definition) is 5. The summed E-state index contributed by atoms with van der Waals surface area (Å²) in [5, 5.41) is 7.24. The highest BCUT2D eigenvalue weighted by Gasteiger charge is 2.10. The third-order valence-corrected chi connectivity index (χ3v) is 4.51. The molecule has 2 aromatic heterocycles. The van der Waals surface area contributed by atoms with Gasteiger partial charge in [-0.3, -0.25) is 4.79 Å². The number of nitrogens with one attached hydrogen (secondary N) is 1. The Morgan fingerprint density at radius 2 is 1.86 bits per heavy atom. The molecule has 0 fully saturated rings. The highest BCUT2D eigenvalue weighted by Crippen LogP contribution is 2.15. The minimum atomic E-state index is -0.222. The van der Waals surface area contributed by atoms with Crippen molar-refractivity contribution < 1.29 is 9.53 Å². The van der Waals surface area contributed by atoms with Crippen molar-refractivity contribution in [1.82, 2.24) is 20.1 Å². The van der Waals surface area contributed by atoms with Gasteiger partial charge in [0.15, 0.2) is 5.69 Å². The lowest BCUT2D eigenvalue weighted by molar-refractivity contribution is 0.0945. The maximum Gasteiger partial charge on any atom is 0.272 e. The Kier molecular flexibility index (Phi) is 6.26. The number of methoxy groups -OCH3 is 1. The Labute approximate surface area is 165 Å². The molecule has 7 heteroatoms. The molecule has 0 aliphatic carbocycles. The second kappa shape index (κ2) is 9.03. The van der Waals surface area contributed by atoms with Crippen molar-refractivity contribution in [3.8, 4) is 11.4 Å². The molecule has 0 unspecified atom stereocenters. The Balaban J connectivity index is 1.60. The fourth-order valence-electron chi connectivity index (χ4n) is 2.85. The van der Waals surface area contributed by atoms with Gasteiger partial charge in [0.25, 0.3) is 5.91 Å². The van der Waals surface area contributed by atoms with Crippen LogP contribution in [0.4, 0.5) is 5.82 Å². The monoisotopic (exact) mass is 379 g/mol. The van der Waals surface area contributed by atoms with Crippen LogP contribution in [0.25, 0.3) is 5.69 Å². The van der Waals surface area contributed by atoms with E-state index in [2.05, 4.69) is 34.1 Å². The Morgan fingerprint density at radius 3 is 2.46 bits per heavy atom. The minimum Gasteiger partial charge on any atom is -0.497 e. The van der Waals surface area contributed by atoms with E-state index in [-0.39, 0.29) is 5.91 Å². The first-order valence-corrected chi connectivity index (χ1v) is 9.32. The van der Waals surface area contributed by atoms with Crippen LogP contribution in [0.5, 0.6) is 5.75 Å². The molecule has 0 atom stereocenters. The maximum absolute atomic E-state index is 12.4. The second-order valence-corrected chi connectivity index (χ2v) is 6.22. The smallest absolute Gasteiger partial charge is 0.272 e. The van der Waals surface area contributed by atoms with E-state index in [1.54, 1.807) is 30.3 Å². The van der Waals surface area contributed by atoms with Crippen LogP contribution in [0, 0.1) is 0 Å². The van der Waals surface area contributed by atoms with Crippen molar-refractivity contribution in [2.75, 3.05) is 25.1 Å². The van der Waals surface area contributed by atoms with Gasteiger partial charge in [-0.05, 0) is 55.8 Å². The number of aromatic nitrogens is 3. The van der Waals surface area contributed by atoms with Crippen LogP contribution < -0.4 is 15.0 Å². The van der Waals surface area contributed by atoms with Crippen molar-refractivity contribution in [2.45, 2.75) is 20.4 Å². The summed E-state index contributed by atoms with van der Waals surface area (Å²) in [6, 6.07) is 13.1. The molecule has 0 aliphatic heterocycles. The van der Waals surface area contributed by atoms with E-state index in [1.165, 1.54) is 0 Å². The molecule has 1 amide bonds. The van der Waals surface area contributed by atoms with Crippen molar-refractivity contribution in [1.29, 1.82) is 0 Å². The van der Waals surface area contributed by atoms with Crippen LogP contribution in [0.3, 0.4) is 0 Å². The Morgan fingerprint density at radius 1 is 1.11 bits per heavy atom. The van der Waals surface area contributed by atoms with E-state index in [0.29, 0.717) is 12.2 Å². The van der Waals surface area contributed by atoms with Gasteiger partial charge in [-0.1, -0.05) is 6.07 Å². The van der Waals surface area contributed by atoms with Gasteiger partial charge < -0.3 is 15.0 Å². The molecule has 7 nitrogen and oxygen atoms in total. The normalized spacial score (nSPS) is 10.5. The summed E-state index contributed by atoms with van der Waals surface area (Å²) in [5.41, 5.74) is 2.17. The lowest BCUT2D eigenvalue weighted by Crippen LogP contribution is -2.24. The number of amides is 1. The Hall–Kier alpha value is -3.35. The van der Waals surface area contributed by atoms with Crippen LogP contribution in [0.2, 0.25) is 0 Å². The van der Waals surface area contributed by atoms with Gasteiger partial charge in [0, 0.05) is 32.0 Å². The number of nitrogens with zero attached hydrogens (tertiary/aromatic N) is 4. The van der Waals surface area contributed by atoms with Crippen LogP contribution in [-0.2, 0) is 6.54 Å². The van der Waals surface area contributed by atoms with E-state index in [9.17, 15) is 4.79 Å². The largest absolute Gasteiger partial charge is 0.497 e. The first-order chi connectivity index (χ1) is 13.6. The summed E-state index contributed by atoms with van der Waals surface area (Å²) >= 11 is 0. The van der Waals surface area contributed by atoms with E-state index in [4.69, 9.17) is 4.74 Å². The fraction of sp³-hybridized carbons (Fsp3) is 0.286. The quantitative estimate of drug-likeness (QED) is 0.651. The number of carbonyl (C=O) groups is 1. The highest BCUT2D eigenvalue weighted by molar-refractivity contribution is 5.92. The molecule has 146 valence electrons. The van der Waals surface area contributed by atoms with Crippen LogP contribution >= 0.6 is 0 Å². The molecule has 0 aliphatic rings. The molecule has 0 spiro atoms. The number of rotatable bonds is 8. The molecule has 1 aromatic carbocycles. The highest BCUT2D eigenvalue weighted by atomic mass is 16.5. The second-order valence-electron chi connectivity index (χ2n) is 6.22. The molecule has 0 bridgehead atoms. The summed E-state index contributed by atoms with van der Waals surface area (Å²) in [4.78, 5) is 19.0. The minimum absolute atomic E-state index is 0.222. The molecule has 0 saturated carbocycles. The molecular formula is C21H25N5O2. The number of pyridine rings is 1. The summed E-state index contributed by atoms with van der Waals surface area (Å²) in [6.45, 7) is 6.43. The molecule has 0 saturated heterocycles. The van der Waals surface area contributed by atoms with Gasteiger partial charge in [-0.2, -0.15) is 5.10 Å². The summed E-state index contributed by atoms with van der Waals surface area (Å²) < 4.78 is 6.82. The zero-order chi connectivity index (χ0) is 19.9. The lowest BCUT2D eigenvalue weighted by Gasteiger charge is -2.19.